The molecule has 3 heterocycles. The number of hydrogen-bond acceptors (Lipinski definition) is 4. The second kappa shape index (κ2) is 5.51. The maximum absolute atomic E-state index is 12.1. The van der Waals surface area contributed by atoms with Crippen LogP contribution < -0.4 is 10.6 Å². The molecule has 1 aliphatic rings. The topological polar surface area (TPSA) is 84.7 Å². The fraction of sp³-hybridized carbons (Fsp3) is 0.429. The van der Waals surface area contributed by atoms with Crippen LogP contribution in [-0.2, 0) is 6.54 Å². The van der Waals surface area contributed by atoms with Gasteiger partial charge < -0.3 is 10.6 Å². The van der Waals surface area contributed by atoms with Crippen molar-refractivity contribution in [2.75, 3.05) is 5.32 Å². The standard InChI is InChI=1S/C14H18N6O/c1-9-5-6-15-8-12(9)18-14(21)17-11-4-3-7-20-13(11)16-10(2)19-20/h5-6,8,11H,3-4,7H2,1-2H3,(H2,17,18,21). The summed E-state index contributed by atoms with van der Waals surface area (Å²) in [5.41, 5.74) is 1.69. The molecular weight excluding hydrogens is 268 g/mol. The second-order valence-corrected chi connectivity index (χ2v) is 5.22. The molecule has 0 aliphatic carbocycles. The van der Waals surface area contributed by atoms with Crippen LogP contribution in [0.15, 0.2) is 18.5 Å². The van der Waals surface area contributed by atoms with E-state index in [1.807, 2.05) is 24.6 Å². The third-order valence-corrected chi connectivity index (χ3v) is 3.57. The molecule has 0 saturated carbocycles. The zero-order chi connectivity index (χ0) is 14.8. The zero-order valence-corrected chi connectivity index (χ0v) is 12.1. The minimum atomic E-state index is -0.245. The Labute approximate surface area is 122 Å². The quantitative estimate of drug-likeness (QED) is 0.883. The predicted molar refractivity (Wildman–Crippen MR) is 77.9 cm³/mol. The van der Waals surface area contributed by atoms with Crippen LogP contribution in [-0.4, -0.2) is 25.8 Å². The van der Waals surface area contributed by atoms with E-state index < -0.39 is 0 Å². The van der Waals surface area contributed by atoms with E-state index in [0.717, 1.165) is 36.6 Å². The number of carbonyl (C=O) groups is 1. The fourth-order valence-corrected chi connectivity index (χ4v) is 2.52. The Bertz CT molecular complexity index is 665. The van der Waals surface area contributed by atoms with Crippen molar-refractivity contribution in [2.45, 2.75) is 39.3 Å². The molecule has 0 bridgehead atoms. The Morgan fingerprint density at radius 1 is 1.43 bits per heavy atom. The third-order valence-electron chi connectivity index (χ3n) is 3.57. The molecule has 1 unspecified atom stereocenters. The molecule has 21 heavy (non-hydrogen) atoms. The first-order valence-corrected chi connectivity index (χ1v) is 7.03. The lowest BCUT2D eigenvalue weighted by molar-refractivity contribution is 0.244. The van der Waals surface area contributed by atoms with Crippen molar-refractivity contribution in [3.05, 3.63) is 35.7 Å². The van der Waals surface area contributed by atoms with Gasteiger partial charge in [0.1, 0.15) is 11.6 Å². The normalized spacial score (nSPS) is 17.1. The number of hydrogen-bond donors (Lipinski definition) is 2. The summed E-state index contributed by atoms with van der Waals surface area (Å²) >= 11 is 0. The van der Waals surface area contributed by atoms with Gasteiger partial charge in [-0.05, 0) is 38.3 Å². The highest BCUT2D eigenvalue weighted by Gasteiger charge is 2.25. The van der Waals surface area contributed by atoms with Crippen LogP contribution in [0.4, 0.5) is 10.5 Å². The SMILES string of the molecule is Cc1nc2n(n1)CCCC2NC(=O)Nc1cnccc1C. The number of carbonyl (C=O) groups excluding carboxylic acids is 1. The van der Waals surface area contributed by atoms with Crippen LogP contribution in [0.5, 0.6) is 0 Å². The first kappa shape index (κ1) is 13.5. The summed E-state index contributed by atoms with van der Waals surface area (Å²) in [5.74, 6) is 1.57. The fourth-order valence-electron chi connectivity index (χ4n) is 2.52. The summed E-state index contributed by atoms with van der Waals surface area (Å²) in [6.45, 7) is 4.65. The molecule has 0 fully saturated rings. The molecule has 2 N–H and O–H groups in total. The second-order valence-electron chi connectivity index (χ2n) is 5.22. The minimum absolute atomic E-state index is 0.100. The van der Waals surface area contributed by atoms with Gasteiger partial charge in [0, 0.05) is 12.7 Å². The van der Waals surface area contributed by atoms with Crippen LogP contribution >= 0.6 is 0 Å². The van der Waals surface area contributed by atoms with E-state index >= 15 is 0 Å². The van der Waals surface area contributed by atoms with E-state index in [4.69, 9.17) is 0 Å². The summed E-state index contributed by atoms with van der Waals surface area (Å²) in [6, 6.07) is 1.51. The van der Waals surface area contributed by atoms with Gasteiger partial charge in [-0.25, -0.2) is 14.5 Å². The van der Waals surface area contributed by atoms with Gasteiger partial charge in [0.05, 0.1) is 17.9 Å². The number of aryl methyl sites for hydroxylation is 3. The van der Waals surface area contributed by atoms with Crippen molar-refractivity contribution in [1.82, 2.24) is 25.1 Å². The Morgan fingerprint density at radius 3 is 3.10 bits per heavy atom. The lowest BCUT2D eigenvalue weighted by Gasteiger charge is -2.23. The van der Waals surface area contributed by atoms with E-state index in [-0.39, 0.29) is 12.1 Å². The van der Waals surface area contributed by atoms with E-state index in [0.29, 0.717) is 5.69 Å². The van der Waals surface area contributed by atoms with Gasteiger partial charge in [-0.2, -0.15) is 5.10 Å². The number of nitrogens with one attached hydrogen (secondary N) is 2. The Morgan fingerprint density at radius 2 is 2.29 bits per heavy atom. The van der Waals surface area contributed by atoms with Crippen molar-refractivity contribution in [3.63, 3.8) is 0 Å². The Balaban J connectivity index is 1.70. The van der Waals surface area contributed by atoms with Crippen molar-refractivity contribution < 1.29 is 4.79 Å². The molecular formula is C14H18N6O. The van der Waals surface area contributed by atoms with Gasteiger partial charge in [0.15, 0.2) is 0 Å². The highest BCUT2D eigenvalue weighted by atomic mass is 16.2. The molecule has 7 heteroatoms. The predicted octanol–water partition coefficient (Wildman–Crippen LogP) is 1.95. The zero-order valence-electron chi connectivity index (χ0n) is 12.1. The lowest BCUT2D eigenvalue weighted by atomic mass is 10.1. The average molecular weight is 286 g/mol. The number of pyridine rings is 1. The first-order chi connectivity index (χ1) is 10.1. The largest absolute Gasteiger partial charge is 0.328 e. The molecule has 0 radical (unpaired) electrons. The summed E-state index contributed by atoms with van der Waals surface area (Å²) in [5, 5.41) is 10.1. The maximum atomic E-state index is 12.1. The molecule has 0 spiro atoms. The first-order valence-electron chi connectivity index (χ1n) is 7.03. The van der Waals surface area contributed by atoms with E-state index in [9.17, 15) is 4.79 Å². The molecule has 2 aromatic heterocycles. The van der Waals surface area contributed by atoms with E-state index in [1.165, 1.54) is 0 Å². The Kier molecular flexibility index (Phi) is 3.55. The van der Waals surface area contributed by atoms with E-state index in [1.54, 1.807) is 12.4 Å². The highest BCUT2D eigenvalue weighted by molar-refractivity contribution is 5.90. The third kappa shape index (κ3) is 2.86. The van der Waals surface area contributed by atoms with Gasteiger partial charge in [-0.15, -0.1) is 0 Å². The van der Waals surface area contributed by atoms with Crippen LogP contribution in [0.3, 0.4) is 0 Å². The number of aromatic nitrogens is 4. The number of nitrogens with zero attached hydrogens (tertiary/aromatic N) is 4. The molecule has 2 aromatic rings. The van der Waals surface area contributed by atoms with Gasteiger partial charge in [0.25, 0.3) is 0 Å². The molecule has 1 aliphatic heterocycles. The van der Waals surface area contributed by atoms with Gasteiger partial charge >= 0.3 is 6.03 Å². The number of fused-ring (bicyclic) bond motifs is 1. The van der Waals surface area contributed by atoms with Crippen molar-refractivity contribution in [2.24, 2.45) is 0 Å². The van der Waals surface area contributed by atoms with Crippen molar-refractivity contribution in [1.29, 1.82) is 0 Å². The van der Waals surface area contributed by atoms with Crippen LogP contribution in [0.1, 0.15) is 36.1 Å². The molecule has 0 aromatic carbocycles. The maximum Gasteiger partial charge on any atom is 0.319 e. The number of amides is 2. The average Bonchev–Trinajstić information content (AvgIpc) is 2.83. The van der Waals surface area contributed by atoms with Gasteiger partial charge in [-0.3, -0.25) is 4.98 Å². The number of anilines is 1. The van der Waals surface area contributed by atoms with Crippen molar-refractivity contribution in [3.8, 4) is 0 Å². The van der Waals surface area contributed by atoms with Crippen molar-refractivity contribution >= 4 is 11.7 Å². The lowest BCUT2D eigenvalue weighted by Crippen LogP contribution is -2.36. The smallest absolute Gasteiger partial charge is 0.319 e. The van der Waals surface area contributed by atoms with Crippen LogP contribution in [0.25, 0.3) is 0 Å². The summed E-state index contributed by atoms with van der Waals surface area (Å²) in [4.78, 5) is 20.6. The summed E-state index contributed by atoms with van der Waals surface area (Å²) in [6.07, 6.45) is 5.19. The van der Waals surface area contributed by atoms with Crippen LogP contribution in [0, 0.1) is 13.8 Å². The van der Waals surface area contributed by atoms with Gasteiger partial charge in [-0.1, -0.05) is 0 Å². The molecule has 7 nitrogen and oxygen atoms in total. The summed E-state index contributed by atoms with van der Waals surface area (Å²) < 4.78 is 1.87. The highest BCUT2D eigenvalue weighted by Crippen LogP contribution is 2.23. The molecule has 3 rings (SSSR count). The van der Waals surface area contributed by atoms with E-state index in [2.05, 4.69) is 25.7 Å². The number of urea groups is 1. The summed E-state index contributed by atoms with van der Waals surface area (Å²) in [7, 11) is 0. The molecule has 0 saturated heterocycles. The molecule has 2 amide bonds. The number of rotatable bonds is 2. The minimum Gasteiger partial charge on any atom is -0.328 e. The van der Waals surface area contributed by atoms with Crippen LogP contribution in [0.2, 0.25) is 0 Å². The molecule has 1 atom stereocenters. The molecule has 110 valence electrons. The van der Waals surface area contributed by atoms with Gasteiger partial charge in [0.2, 0.25) is 0 Å². The Hall–Kier alpha value is -2.44. The monoisotopic (exact) mass is 286 g/mol.